The molecule has 0 bridgehead atoms. The van der Waals surface area contributed by atoms with Gasteiger partial charge in [-0.15, -0.1) is 0 Å². The van der Waals surface area contributed by atoms with Gasteiger partial charge in [-0.3, -0.25) is 14.8 Å². The first kappa shape index (κ1) is 17.7. The van der Waals surface area contributed by atoms with Crippen LogP contribution in [0.1, 0.15) is 52.7 Å². The molecule has 0 fully saturated rings. The molecule has 0 radical (unpaired) electrons. The summed E-state index contributed by atoms with van der Waals surface area (Å²) in [6.45, 7) is 6.87. The van der Waals surface area contributed by atoms with E-state index in [0.29, 0.717) is 5.56 Å². The molecule has 4 rings (SSSR count). The molecule has 0 spiro atoms. The second-order valence-electron chi connectivity index (χ2n) is 7.51. The lowest BCUT2D eigenvalue weighted by molar-refractivity contribution is 0.00754. The standard InChI is InChI=1S/C22H26N4O/c1-14-10-11-18-16(3)19(13-24-21(18)15(14)2)22(27)26(23)25-12-6-8-17-7-4-5-9-20(17)25/h5,9-11,13H,4,6-8,12,23H2,1-3H3. The fourth-order valence-electron chi connectivity index (χ4n) is 4.10. The van der Waals surface area contributed by atoms with E-state index < -0.39 is 0 Å². The molecule has 1 aromatic heterocycles. The second kappa shape index (κ2) is 6.82. The van der Waals surface area contributed by atoms with Gasteiger partial charge >= 0.3 is 0 Å². The van der Waals surface area contributed by atoms with E-state index in [4.69, 9.17) is 5.84 Å². The molecular formula is C22H26N4O. The van der Waals surface area contributed by atoms with E-state index in [2.05, 4.69) is 37.0 Å². The number of benzene rings is 1. The molecule has 5 heteroatoms. The van der Waals surface area contributed by atoms with Crippen molar-refractivity contribution >= 4 is 16.8 Å². The molecule has 0 saturated carbocycles. The molecule has 2 aliphatic rings. The number of nitrogens with two attached hydrogens (primary N) is 1. The number of carbonyl (C=O) groups excluding carboxylic acids is 1. The van der Waals surface area contributed by atoms with E-state index in [1.54, 1.807) is 6.20 Å². The number of carbonyl (C=O) groups is 1. The molecule has 5 nitrogen and oxygen atoms in total. The molecule has 0 unspecified atom stereocenters. The Bertz CT molecular complexity index is 989. The number of hydrazine groups is 2. The molecule has 1 aliphatic heterocycles. The Morgan fingerprint density at radius 2 is 2.00 bits per heavy atom. The summed E-state index contributed by atoms with van der Waals surface area (Å²) in [6, 6.07) is 4.12. The highest BCUT2D eigenvalue weighted by Gasteiger charge is 2.28. The fraction of sp³-hybridized carbons (Fsp3) is 0.364. The molecule has 0 saturated heterocycles. The Morgan fingerprint density at radius 3 is 2.81 bits per heavy atom. The Labute approximate surface area is 160 Å². The van der Waals surface area contributed by atoms with Crippen molar-refractivity contribution in [2.75, 3.05) is 6.54 Å². The van der Waals surface area contributed by atoms with Gasteiger partial charge in [0.15, 0.2) is 0 Å². The third-order valence-electron chi connectivity index (χ3n) is 5.91. The summed E-state index contributed by atoms with van der Waals surface area (Å²) >= 11 is 0. The predicted octanol–water partition coefficient (Wildman–Crippen LogP) is 4.09. The number of aromatic nitrogens is 1. The fourth-order valence-corrected chi connectivity index (χ4v) is 4.10. The Morgan fingerprint density at radius 1 is 1.19 bits per heavy atom. The number of pyridine rings is 1. The van der Waals surface area contributed by atoms with E-state index in [1.165, 1.54) is 16.3 Å². The summed E-state index contributed by atoms with van der Waals surface area (Å²) in [5, 5.41) is 4.20. The van der Waals surface area contributed by atoms with E-state index in [0.717, 1.165) is 60.0 Å². The van der Waals surface area contributed by atoms with Crippen molar-refractivity contribution < 1.29 is 4.79 Å². The molecule has 27 heavy (non-hydrogen) atoms. The van der Waals surface area contributed by atoms with Gasteiger partial charge in [-0.05, 0) is 74.8 Å². The van der Waals surface area contributed by atoms with Crippen molar-refractivity contribution in [2.45, 2.75) is 46.5 Å². The van der Waals surface area contributed by atoms with Crippen LogP contribution in [0.4, 0.5) is 0 Å². The average molecular weight is 362 g/mol. The highest BCUT2D eigenvalue weighted by Crippen LogP contribution is 2.31. The largest absolute Gasteiger partial charge is 0.289 e. The molecule has 1 amide bonds. The summed E-state index contributed by atoms with van der Waals surface area (Å²) in [5.41, 5.74) is 7.26. The number of allylic oxidation sites excluding steroid dienone is 3. The Balaban J connectivity index is 1.71. The summed E-state index contributed by atoms with van der Waals surface area (Å²) < 4.78 is 0. The molecule has 1 aromatic carbocycles. The van der Waals surface area contributed by atoms with Gasteiger partial charge < -0.3 is 0 Å². The molecule has 140 valence electrons. The van der Waals surface area contributed by atoms with Crippen LogP contribution in [-0.2, 0) is 0 Å². The molecule has 2 N–H and O–H groups in total. The third-order valence-corrected chi connectivity index (χ3v) is 5.91. The molecule has 2 heterocycles. The minimum atomic E-state index is -0.215. The lowest BCUT2D eigenvalue weighted by Crippen LogP contribution is -2.52. The minimum Gasteiger partial charge on any atom is -0.268 e. The van der Waals surface area contributed by atoms with Gasteiger partial charge in [-0.2, -0.15) is 5.12 Å². The van der Waals surface area contributed by atoms with E-state index in [-0.39, 0.29) is 5.91 Å². The lowest BCUT2D eigenvalue weighted by Gasteiger charge is -2.39. The topological polar surface area (TPSA) is 62.5 Å². The summed E-state index contributed by atoms with van der Waals surface area (Å²) in [4.78, 5) is 17.8. The zero-order chi connectivity index (χ0) is 19.1. The number of hydrogen-bond acceptors (Lipinski definition) is 4. The van der Waals surface area contributed by atoms with Gasteiger partial charge in [0.2, 0.25) is 0 Å². The minimum absolute atomic E-state index is 0.215. The van der Waals surface area contributed by atoms with Crippen LogP contribution in [0, 0.1) is 20.8 Å². The maximum Gasteiger partial charge on any atom is 0.289 e. The van der Waals surface area contributed by atoms with Crippen molar-refractivity contribution in [3.63, 3.8) is 0 Å². The zero-order valence-corrected chi connectivity index (χ0v) is 16.2. The lowest BCUT2D eigenvalue weighted by atomic mass is 9.94. The van der Waals surface area contributed by atoms with Crippen molar-refractivity contribution in [1.29, 1.82) is 0 Å². The van der Waals surface area contributed by atoms with Crippen LogP contribution >= 0.6 is 0 Å². The first-order valence-electron chi connectivity index (χ1n) is 9.59. The van der Waals surface area contributed by atoms with Gasteiger partial charge in [0, 0.05) is 18.1 Å². The van der Waals surface area contributed by atoms with E-state index in [1.807, 2.05) is 18.0 Å². The van der Waals surface area contributed by atoms with Gasteiger partial charge in [0.05, 0.1) is 16.8 Å². The predicted molar refractivity (Wildman–Crippen MR) is 108 cm³/mol. The number of hydrogen-bond donors (Lipinski definition) is 1. The number of fused-ring (bicyclic) bond motifs is 1. The Kier molecular flexibility index (Phi) is 4.48. The molecule has 1 aliphatic carbocycles. The average Bonchev–Trinajstić information content (AvgIpc) is 2.69. The smallest absolute Gasteiger partial charge is 0.268 e. The van der Waals surface area contributed by atoms with Crippen LogP contribution < -0.4 is 5.84 Å². The Hall–Kier alpha value is -2.66. The van der Waals surface area contributed by atoms with Crippen LogP contribution in [0.5, 0.6) is 0 Å². The first-order chi connectivity index (χ1) is 13.0. The maximum atomic E-state index is 13.2. The van der Waals surface area contributed by atoms with Gasteiger partial charge in [-0.25, -0.2) is 5.84 Å². The van der Waals surface area contributed by atoms with Gasteiger partial charge in [0.25, 0.3) is 5.91 Å². The van der Waals surface area contributed by atoms with Gasteiger partial charge in [-0.1, -0.05) is 18.2 Å². The third kappa shape index (κ3) is 2.92. The number of amides is 1. The normalized spacial score (nSPS) is 16.7. The van der Waals surface area contributed by atoms with Crippen molar-refractivity contribution in [3.8, 4) is 0 Å². The highest BCUT2D eigenvalue weighted by molar-refractivity contribution is 6.00. The molecular weight excluding hydrogens is 336 g/mol. The quantitative estimate of drug-likeness (QED) is 0.496. The van der Waals surface area contributed by atoms with Crippen molar-refractivity contribution in [3.05, 3.63) is 64.0 Å². The zero-order valence-electron chi connectivity index (χ0n) is 16.2. The van der Waals surface area contributed by atoms with E-state index in [9.17, 15) is 4.79 Å². The molecule has 2 aromatic rings. The van der Waals surface area contributed by atoms with Crippen LogP contribution in [0.15, 0.2) is 41.8 Å². The highest BCUT2D eigenvalue weighted by atomic mass is 16.2. The maximum absolute atomic E-state index is 13.2. The second-order valence-corrected chi connectivity index (χ2v) is 7.51. The number of aryl methyl sites for hydroxylation is 3. The monoisotopic (exact) mass is 362 g/mol. The summed E-state index contributed by atoms with van der Waals surface area (Å²) in [6.07, 6.45) is 10.2. The van der Waals surface area contributed by atoms with Crippen LogP contribution in [0.3, 0.4) is 0 Å². The SMILES string of the molecule is Cc1ccc2c(C)c(C(=O)N(N)N3CCCC4=C3C=CCC4)cnc2c1C. The van der Waals surface area contributed by atoms with Crippen LogP contribution in [0.25, 0.3) is 10.9 Å². The summed E-state index contributed by atoms with van der Waals surface area (Å²) in [7, 11) is 0. The van der Waals surface area contributed by atoms with Crippen molar-refractivity contribution in [1.82, 2.24) is 15.1 Å². The first-order valence-corrected chi connectivity index (χ1v) is 9.59. The van der Waals surface area contributed by atoms with Crippen LogP contribution in [-0.4, -0.2) is 27.6 Å². The van der Waals surface area contributed by atoms with Gasteiger partial charge in [0.1, 0.15) is 0 Å². The number of rotatable bonds is 2. The summed E-state index contributed by atoms with van der Waals surface area (Å²) in [5.74, 6) is 6.10. The molecule has 0 atom stereocenters. The van der Waals surface area contributed by atoms with Crippen LogP contribution in [0.2, 0.25) is 0 Å². The van der Waals surface area contributed by atoms with Crippen molar-refractivity contribution in [2.24, 2.45) is 5.84 Å². The number of nitrogens with zero attached hydrogens (tertiary/aromatic N) is 3. The van der Waals surface area contributed by atoms with E-state index >= 15 is 0 Å².